The van der Waals surface area contributed by atoms with E-state index in [2.05, 4.69) is 6.26 Å². The van der Waals surface area contributed by atoms with Crippen molar-refractivity contribution in [3.63, 3.8) is 0 Å². The average Bonchev–Trinajstić information content (AvgIpc) is 2.53. The topological polar surface area (TPSA) is 44.5 Å². The third-order valence-corrected chi connectivity index (χ3v) is 3.99. The Morgan fingerprint density at radius 3 is 2.00 bits per heavy atom. The molecule has 0 aliphatic rings. The van der Waals surface area contributed by atoms with Crippen molar-refractivity contribution in [1.29, 1.82) is 0 Å². The van der Waals surface area contributed by atoms with E-state index >= 15 is 0 Å². The molecule has 0 aliphatic heterocycles. The number of methoxy groups -OCH3 is 1. The third-order valence-electron chi connectivity index (χ3n) is 3.24. The lowest BCUT2D eigenvalue weighted by Gasteiger charge is -2.23. The molecule has 0 aliphatic carbocycles. The summed E-state index contributed by atoms with van der Waals surface area (Å²) in [5, 5.41) is 0. The van der Waals surface area contributed by atoms with Crippen LogP contribution in [0.1, 0.15) is 18.6 Å². The first-order chi connectivity index (χ1) is 10.1. The summed E-state index contributed by atoms with van der Waals surface area (Å²) in [7, 11) is 1.65. The van der Waals surface area contributed by atoms with E-state index in [0.29, 0.717) is 0 Å². The van der Waals surface area contributed by atoms with Crippen LogP contribution in [0.3, 0.4) is 0 Å². The van der Waals surface area contributed by atoms with E-state index in [1.165, 1.54) is 4.90 Å². The summed E-state index contributed by atoms with van der Waals surface area (Å²) in [6, 6.07) is 15.8. The van der Waals surface area contributed by atoms with E-state index < -0.39 is 0 Å². The van der Waals surface area contributed by atoms with Gasteiger partial charge in [-0.2, -0.15) is 0 Å². The van der Waals surface area contributed by atoms with Gasteiger partial charge in [0.15, 0.2) is 0 Å². The summed E-state index contributed by atoms with van der Waals surface area (Å²) in [5.41, 5.74) is 7.12. The zero-order chi connectivity index (χ0) is 15.2. The number of ether oxygens (including phenoxy) is 2. The Morgan fingerprint density at radius 1 is 0.952 bits per heavy atom. The first-order valence-electron chi connectivity index (χ1n) is 6.84. The minimum absolute atomic E-state index is 0.112. The maximum atomic E-state index is 6.08. The zero-order valence-electron chi connectivity index (χ0n) is 12.6. The lowest BCUT2D eigenvalue weighted by Crippen LogP contribution is -2.29. The van der Waals surface area contributed by atoms with Crippen molar-refractivity contribution < 1.29 is 9.47 Å². The Bertz CT molecular complexity index is 552. The van der Waals surface area contributed by atoms with Crippen molar-refractivity contribution in [2.24, 2.45) is 5.73 Å². The Morgan fingerprint density at radius 2 is 1.52 bits per heavy atom. The van der Waals surface area contributed by atoms with Gasteiger partial charge in [0, 0.05) is 10.9 Å². The van der Waals surface area contributed by atoms with Crippen LogP contribution in [0.25, 0.3) is 0 Å². The van der Waals surface area contributed by atoms with Crippen LogP contribution in [0.15, 0.2) is 53.4 Å². The molecule has 21 heavy (non-hydrogen) atoms. The molecule has 2 aromatic rings. The van der Waals surface area contributed by atoms with Crippen molar-refractivity contribution in [3.05, 3.63) is 54.1 Å². The highest BCUT2D eigenvalue weighted by atomic mass is 32.2. The van der Waals surface area contributed by atoms with E-state index in [1.807, 2.05) is 55.5 Å². The van der Waals surface area contributed by atoms with Crippen LogP contribution < -0.4 is 15.2 Å². The molecule has 4 heteroatoms. The van der Waals surface area contributed by atoms with Crippen LogP contribution in [0.5, 0.6) is 11.5 Å². The summed E-state index contributed by atoms with van der Waals surface area (Å²) >= 11 is 1.71. The van der Waals surface area contributed by atoms with Crippen LogP contribution in [0.2, 0.25) is 0 Å². The third kappa shape index (κ3) is 4.16. The highest BCUT2D eigenvalue weighted by molar-refractivity contribution is 7.98. The van der Waals surface area contributed by atoms with Gasteiger partial charge in [0.1, 0.15) is 17.6 Å². The Hall–Kier alpha value is -1.65. The largest absolute Gasteiger partial charge is 0.497 e. The molecule has 0 amide bonds. The van der Waals surface area contributed by atoms with Gasteiger partial charge in [0.05, 0.1) is 7.11 Å². The monoisotopic (exact) mass is 303 g/mol. The Labute approximate surface area is 130 Å². The molecule has 0 saturated carbocycles. The van der Waals surface area contributed by atoms with Gasteiger partial charge in [-0.3, -0.25) is 0 Å². The molecule has 0 bridgehead atoms. The molecular weight excluding hydrogens is 282 g/mol. The van der Waals surface area contributed by atoms with Crippen LogP contribution in [-0.2, 0) is 0 Å². The molecular formula is C17H21NO2S. The van der Waals surface area contributed by atoms with Gasteiger partial charge in [-0.05, 0) is 55.1 Å². The second kappa shape index (κ2) is 7.38. The SMILES string of the molecule is COc1ccc(C(Oc2ccc(SC)cc2)C(C)N)cc1. The first kappa shape index (κ1) is 15.7. The van der Waals surface area contributed by atoms with Gasteiger partial charge < -0.3 is 15.2 Å². The van der Waals surface area contributed by atoms with Gasteiger partial charge in [-0.1, -0.05) is 12.1 Å². The maximum absolute atomic E-state index is 6.08. The fourth-order valence-electron chi connectivity index (χ4n) is 2.07. The normalized spacial score (nSPS) is 13.5. The van der Waals surface area contributed by atoms with E-state index in [0.717, 1.165) is 17.1 Å². The number of benzene rings is 2. The lowest BCUT2D eigenvalue weighted by molar-refractivity contribution is 0.180. The van der Waals surface area contributed by atoms with Crippen molar-refractivity contribution in [2.75, 3.05) is 13.4 Å². The molecule has 0 radical (unpaired) electrons. The molecule has 2 N–H and O–H groups in total. The van der Waals surface area contributed by atoms with Gasteiger partial charge >= 0.3 is 0 Å². The van der Waals surface area contributed by atoms with Gasteiger partial charge in [0.25, 0.3) is 0 Å². The van der Waals surface area contributed by atoms with Gasteiger partial charge in [-0.15, -0.1) is 11.8 Å². The fourth-order valence-corrected chi connectivity index (χ4v) is 2.48. The predicted octanol–water partition coefficient (Wildman–Crippen LogP) is 3.88. The van der Waals surface area contributed by atoms with Crippen LogP contribution >= 0.6 is 11.8 Å². The smallest absolute Gasteiger partial charge is 0.138 e. The van der Waals surface area contributed by atoms with Crippen molar-refractivity contribution in [1.82, 2.24) is 0 Å². The second-order valence-corrected chi connectivity index (χ2v) is 5.73. The van der Waals surface area contributed by atoms with E-state index in [9.17, 15) is 0 Å². The maximum Gasteiger partial charge on any atom is 0.138 e. The average molecular weight is 303 g/mol. The summed E-state index contributed by atoms with van der Waals surface area (Å²) < 4.78 is 11.2. The second-order valence-electron chi connectivity index (χ2n) is 4.85. The minimum atomic E-state index is -0.184. The lowest BCUT2D eigenvalue weighted by atomic mass is 10.0. The van der Waals surface area contributed by atoms with Gasteiger partial charge in [0.2, 0.25) is 0 Å². The van der Waals surface area contributed by atoms with E-state index in [1.54, 1.807) is 18.9 Å². The van der Waals surface area contributed by atoms with Crippen LogP contribution in [-0.4, -0.2) is 19.4 Å². The van der Waals surface area contributed by atoms with Crippen LogP contribution in [0, 0.1) is 0 Å². The number of hydrogen-bond acceptors (Lipinski definition) is 4. The number of rotatable bonds is 6. The first-order valence-corrected chi connectivity index (χ1v) is 8.06. The molecule has 2 aromatic carbocycles. The summed E-state index contributed by atoms with van der Waals surface area (Å²) in [6.07, 6.45) is 1.87. The number of thioether (sulfide) groups is 1. The molecule has 2 unspecified atom stereocenters. The van der Waals surface area contributed by atoms with Crippen molar-refractivity contribution >= 4 is 11.8 Å². The predicted molar refractivity (Wildman–Crippen MR) is 88.2 cm³/mol. The fraction of sp³-hybridized carbons (Fsp3) is 0.294. The van der Waals surface area contributed by atoms with Crippen molar-refractivity contribution in [2.45, 2.75) is 24.0 Å². The van der Waals surface area contributed by atoms with E-state index in [4.69, 9.17) is 15.2 Å². The Balaban J connectivity index is 2.17. The minimum Gasteiger partial charge on any atom is -0.497 e. The quantitative estimate of drug-likeness (QED) is 0.822. The standard InChI is InChI=1S/C17H21NO2S/c1-12(18)17(13-4-6-14(19-2)7-5-13)20-15-8-10-16(21-3)11-9-15/h4-12,17H,18H2,1-3H3. The van der Waals surface area contributed by atoms with Crippen molar-refractivity contribution in [3.8, 4) is 11.5 Å². The molecule has 0 saturated heterocycles. The molecule has 0 aromatic heterocycles. The molecule has 0 spiro atoms. The molecule has 0 fully saturated rings. The summed E-state index contributed by atoms with van der Waals surface area (Å²) in [6.45, 7) is 1.95. The van der Waals surface area contributed by atoms with E-state index in [-0.39, 0.29) is 12.1 Å². The summed E-state index contributed by atoms with van der Waals surface area (Å²) in [4.78, 5) is 1.21. The molecule has 2 atom stereocenters. The number of hydrogen-bond donors (Lipinski definition) is 1. The summed E-state index contributed by atoms with van der Waals surface area (Å²) in [5.74, 6) is 1.65. The van der Waals surface area contributed by atoms with Gasteiger partial charge in [-0.25, -0.2) is 0 Å². The highest BCUT2D eigenvalue weighted by Gasteiger charge is 2.18. The highest BCUT2D eigenvalue weighted by Crippen LogP contribution is 2.27. The molecule has 2 rings (SSSR count). The molecule has 112 valence electrons. The van der Waals surface area contributed by atoms with Crippen LogP contribution in [0.4, 0.5) is 0 Å². The zero-order valence-corrected chi connectivity index (χ0v) is 13.4. The molecule has 3 nitrogen and oxygen atoms in total. The molecule has 0 heterocycles. The number of nitrogens with two attached hydrogens (primary N) is 1. The Kier molecular flexibility index (Phi) is 5.53.